The summed E-state index contributed by atoms with van der Waals surface area (Å²) in [6, 6.07) is 7.76. The molecule has 0 aromatic heterocycles. The second-order valence-electron chi connectivity index (χ2n) is 4.55. The van der Waals surface area contributed by atoms with Gasteiger partial charge in [-0.2, -0.15) is 0 Å². The lowest BCUT2D eigenvalue weighted by atomic mass is 10.2. The van der Waals surface area contributed by atoms with Crippen molar-refractivity contribution < 1.29 is 18.3 Å². The number of sulfone groups is 1. The van der Waals surface area contributed by atoms with Gasteiger partial charge in [0.25, 0.3) is 0 Å². The topological polar surface area (TPSA) is 63.6 Å². The third-order valence-electron chi connectivity index (χ3n) is 2.81. The minimum absolute atomic E-state index is 0.0716. The summed E-state index contributed by atoms with van der Waals surface area (Å²) in [4.78, 5) is 0. The van der Waals surface area contributed by atoms with Crippen molar-refractivity contribution >= 4 is 9.84 Å². The maximum atomic E-state index is 11.5. The largest absolute Gasteiger partial charge is 0.493 e. The van der Waals surface area contributed by atoms with Crippen molar-refractivity contribution in [1.29, 1.82) is 0 Å². The van der Waals surface area contributed by atoms with E-state index in [9.17, 15) is 8.42 Å². The van der Waals surface area contributed by atoms with Gasteiger partial charge in [0, 0.05) is 6.61 Å². The molecule has 1 N–H and O–H groups in total. The van der Waals surface area contributed by atoms with Gasteiger partial charge in [0.05, 0.1) is 18.1 Å². The highest BCUT2D eigenvalue weighted by Gasteiger charge is 2.09. The van der Waals surface area contributed by atoms with Gasteiger partial charge in [-0.25, -0.2) is 8.42 Å². The van der Waals surface area contributed by atoms with Gasteiger partial charge in [-0.3, -0.25) is 0 Å². The highest BCUT2D eigenvalue weighted by atomic mass is 32.2. The summed E-state index contributed by atoms with van der Waals surface area (Å²) in [5.74, 6) is 1.09. The normalized spacial score (nSPS) is 11.5. The Morgan fingerprint density at radius 3 is 2.47 bits per heavy atom. The zero-order valence-corrected chi connectivity index (χ0v) is 12.2. The predicted molar refractivity (Wildman–Crippen MR) is 76.3 cm³/mol. The Kier molecular flexibility index (Phi) is 6.87. The van der Waals surface area contributed by atoms with E-state index in [0.29, 0.717) is 25.9 Å². The molecule has 0 aliphatic rings. The summed E-state index contributed by atoms with van der Waals surface area (Å²) in [5, 5.41) is 8.61. The number of hydrogen-bond acceptors (Lipinski definition) is 4. The molecule has 0 unspecified atom stereocenters. The van der Waals surface area contributed by atoms with E-state index < -0.39 is 9.84 Å². The second-order valence-corrected chi connectivity index (χ2v) is 6.85. The third kappa shape index (κ3) is 6.59. The van der Waals surface area contributed by atoms with Crippen LogP contribution >= 0.6 is 0 Å². The van der Waals surface area contributed by atoms with E-state index >= 15 is 0 Å². The second kappa shape index (κ2) is 8.17. The lowest BCUT2D eigenvalue weighted by Gasteiger charge is -2.08. The van der Waals surface area contributed by atoms with Crippen LogP contribution in [0.3, 0.4) is 0 Å². The third-order valence-corrected chi connectivity index (χ3v) is 4.64. The first kappa shape index (κ1) is 16.0. The average molecular weight is 286 g/mol. The van der Waals surface area contributed by atoms with Gasteiger partial charge in [0.1, 0.15) is 15.6 Å². The minimum atomic E-state index is -3.01. The molecular formula is C14H22O4S. The maximum absolute atomic E-state index is 11.5. The lowest BCUT2D eigenvalue weighted by molar-refractivity contribution is 0.295. The van der Waals surface area contributed by atoms with Crippen molar-refractivity contribution in [2.24, 2.45) is 0 Å². The SMILES string of the molecule is Cc1ccccc1OCCCCS(=O)(=O)CCCO. The minimum Gasteiger partial charge on any atom is -0.493 e. The maximum Gasteiger partial charge on any atom is 0.150 e. The molecule has 0 aliphatic heterocycles. The fraction of sp³-hybridized carbons (Fsp3) is 0.571. The van der Waals surface area contributed by atoms with Crippen LogP contribution in [0.4, 0.5) is 0 Å². The summed E-state index contributed by atoms with van der Waals surface area (Å²) < 4.78 is 28.6. The average Bonchev–Trinajstić information content (AvgIpc) is 2.38. The number of hydrogen-bond donors (Lipinski definition) is 1. The molecule has 5 heteroatoms. The Morgan fingerprint density at radius 1 is 1.11 bits per heavy atom. The Hall–Kier alpha value is -1.07. The van der Waals surface area contributed by atoms with Gasteiger partial charge in [-0.15, -0.1) is 0 Å². The van der Waals surface area contributed by atoms with Crippen molar-refractivity contribution in [2.45, 2.75) is 26.2 Å². The van der Waals surface area contributed by atoms with Crippen LogP contribution in [0.25, 0.3) is 0 Å². The Balaban J connectivity index is 2.20. The van der Waals surface area contributed by atoms with E-state index in [2.05, 4.69) is 0 Å². The summed E-state index contributed by atoms with van der Waals surface area (Å²) >= 11 is 0. The number of rotatable bonds is 9. The van der Waals surface area contributed by atoms with Gasteiger partial charge in [0.2, 0.25) is 0 Å². The smallest absolute Gasteiger partial charge is 0.150 e. The van der Waals surface area contributed by atoms with Crippen molar-refractivity contribution in [1.82, 2.24) is 0 Å². The molecule has 1 aromatic rings. The first-order valence-electron chi connectivity index (χ1n) is 6.55. The van der Waals surface area contributed by atoms with Gasteiger partial charge in [-0.05, 0) is 37.8 Å². The molecular weight excluding hydrogens is 264 g/mol. The van der Waals surface area contributed by atoms with E-state index in [1.165, 1.54) is 0 Å². The molecule has 1 rings (SSSR count). The number of unbranched alkanes of at least 4 members (excludes halogenated alkanes) is 1. The Labute approximate surface area is 115 Å². The molecule has 0 spiro atoms. The summed E-state index contributed by atoms with van der Waals surface area (Å²) in [5.41, 5.74) is 1.08. The lowest BCUT2D eigenvalue weighted by Crippen LogP contribution is -2.13. The van der Waals surface area contributed by atoms with Crippen LogP contribution in [0.15, 0.2) is 24.3 Å². The van der Waals surface area contributed by atoms with Crippen molar-refractivity contribution in [3.8, 4) is 5.75 Å². The van der Waals surface area contributed by atoms with Crippen LogP contribution in [-0.2, 0) is 9.84 Å². The van der Waals surface area contributed by atoms with Crippen molar-refractivity contribution in [3.63, 3.8) is 0 Å². The molecule has 0 radical (unpaired) electrons. The number of benzene rings is 1. The Bertz CT molecular complexity index is 468. The van der Waals surface area contributed by atoms with Gasteiger partial charge in [-0.1, -0.05) is 18.2 Å². The first-order chi connectivity index (χ1) is 9.05. The van der Waals surface area contributed by atoms with Crippen LogP contribution in [0.1, 0.15) is 24.8 Å². The molecule has 0 atom stereocenters. The zero-order valence-electron chi connectivity index (χ0n) is 11.3. The number of aliphatic hydroxyl groups is 1. The highest BCUT2D eigenvalue weighted by molar-refractivity contribution is 7.91. The van der Waals surface area contributed by atoms with Crippen molar-refractivity contribution in [3.05, 3.63) is 29.8 Å². The van der Waals surface area contributed by atoms with Crippen LogP contribution in [0.5, 0.6) is 5.75 Å². The molecule has 19 heavy (non-hydrogen) atoms. The molecule has 0 saturated carbocycles. The van der Waals surface area contributed by atoms with E-state index in [4.69, 9.17) is 9.84 Å². The molecule has 0 amide bonds. The van der Waals surface area contributed by atoms with Crippen LogP contribution in [-0.4, -0.2) is 38.2 Å². The van der Waals surface area contributed by atoms with E-state index in [-0.39, 0.29) is 18.1 Å². The molecule has 0 aliphatic carbocycles. The molecule has 108 valence electrons. The number of para-hydroxylation sites is 1. The predicted octanol–water partition coefficient (Wildman–Crippen LogP) is 1.95. The van der Waals surface area contributed by atoms with Gasteiger partial charge in [0.15, 0.2) is 0 Å². The van der Waals surface area contributed by atoms with Gasteiger partial charge < -0.3 is 9.84 Å². The number of aryl methyl sites for hydroxylation is 1. The molecule has 0 saturated heterocycles. The fourth-order valence-corrected chi connectivity index (χ4v) is 3.13. The van der Waals surface area contributed by atoms with E-state index in [1.54, 1.807) is 0 Å². The molecule has 0 bridgehead atoms. The van der Waals surface area contributed by atoms with Crippen LogP contribution < -0.4 is 4.74 Å². The first-order valence-corrected chi connectivity index (χ1v) is 8.37. The van der Waals surface area contributed by atoms with Crippen LogP contribution in [0.2, 0.25) is 0 Å². The number of ether oxygens (including phenoxy) is 1. The molecule has 0 heterocycles. The van der Waals surface area contributed by atoms with Crippen LogP contribution in [0, 0.1) is 6.92 Å². The zero-order chi connectivity index (χ0) is 14.1. The quantitative estimate of drug-likeness (QED) is 0.705. The summed E-state index contributed by atoms with van der Waals surface area (Å²) in [6.07, 6.45) is 1.63. The van der Waals surface area contributed by atoms with E-state index in [1.807, 2.05) is 31.2 Å². The van der Waals surface area contributed by atoms with Crippen molar-refractivity contribution in [2.75, 3.05) is 24.7 Å². The Morgan fingerprint density at radius 2 is 1.79 bits per heavy atom. The van der Waals surface area contributed by atoms with Gasteiger partial charge >= 0.3 is 0 Å². The highest BCUT2D eigenvalue weighted by Crippen LogP contribution is 2.16. The molecule has 1 aromatic carbocycles. The summed E-state index contributed by atoms with van der Waals surface area (Å²) in [7, 11) is -3.01. The number of aliphatic hydroxyl groups excluding tert-OH is 1. The molecule has 0 fully saturated rings. The van der Waals surface area contributed by atoms with E-state index in [0.717, 1.165) is 11.3 Å². The summed E-state index contributed by atoms with van der Waals surface area (Å²) in [6.45, 7) is 2.44. The standard InChI is InChI=1S/C14H22O4S/c1-13-7-2-3-8-14(13)18-10-4-5-11-19(16,17)12-6-9-15/h2-3,7-8,15H,4-6,9-12H2,1H3. The fourth-order valence-electron chi connectivity index (χ4n) is 1.71. The monoisotopic (exact) mass is 286 g/mol. The molecule has 4 nitrogen and oxygen atoms in total.